The Bertz CT molecular complexity index is 361. The number of aliphatic hydroxyl groups excluding tert-OH is 4. The molecule has 0 spiro atoms. The molecular weight excluding hydrogens is 308 g/mol. The van der Waals surface area contributed by atoms with Crippen LogP contribution >= 0.6 is 0 Å². The predicted molar refractivity (Wildman–Crippen MR) is 79.5 cm³/mol. The summed E-state index contributed by atoms with van der Waals surface area (Å²) < 4.78 is 5.17. The lowest BCUT2D eigenvalue weighted by Gasteiger charge is -2.45. The van der Waals surface area contributed by atoms with Gasteiger partial charge in [-0.2, -0.15) is 0 Å². The van der Waals surface area contributed by atoms with Gasteiger partial charge in [-0.1, -0.05) is 25.7 Å². The van der Waals surface area contributed by atoms with Crippen LogP contribution in [0, 0.1) is 0 Å². The fourth-order valence-electron chi connectivity index (χ4n) is 2.79. The number of hydrogen-bond donors (Lipinski definition) is 6. The zero-order valence-electron chi connectivity index (χ0n) is 13.2. The molecule has 0 aromatic rings. The quantitative estimate of drug-likeness (QED) is 0.288. The second kappa shape index (κ2) is 9.51. The Morgan fingerprint density at radius 2 is 1.52 bits per heavy atom. The van der Waals surface area contributed by atoms with Crippen molar-refractivity contribution in [3.05, 3.63) is 0 Å². The number of aliphatic carboxylic acids is 1. The molecule has 8 heteroatoms. The Hall–Kier alpha value is -0.770. The van der Waals surface area contributed by atoms with Gasteiger partial charge in [0.2, 0.25) is 0 Å². The third kappa shape index (κ3) is 5.98. The summed E-state index contributed by atoms with van der Waals surface area (Å²) in [6.07, 6.45) is -1.07. The van der Waals surface area contributed by atoms with E-state index in [0.29, 0.717) is 12.8 Å². The van der Waals surface area contributed by atoms with Crippen molar-refractivity contribution in [1.82, 2.24) is 0 Å². The summed E-state index contributed by atoms with van der Waals surface area (Å²) in [5.74, 6) is -2.79. The van der Waals surface area contributed by atoms with Crippen LogP contribution in [0.2, 0.25) is 0 Å². The summed E-state index contributed by atoms with van der Waals surface area (Å²) in [5, 5.41) is 57.2. The fraction of sp³-hybridized carbons (Fsp3) is 0.933. The maximum atomic E-state index is 10.4. The molecule has 0 aromatic heterocycles. The highest BCUT2D eigenvalue weighted by Gasteiger charge is 2.51. The Kier molecular flexibility index (Phi) is 8.38. The minimum absolute atomic E-state index is 0.0730. The summed E-state index contributed by atoms with van der Waals surface area (Å²) in [6.45, 7) is -0.573. The molecule has 1 fully saturated rings. The molecule has 1 heterocycles. The van der Waals surface area contributed by atoms with Gasteiger partial charge in [-0.3, -0.25) is 4.79 Å². The lowest BCUT2D eigenvalue weighted by atomic mass is 9.89. The van der Waals surface area contributed by atoms with E-state index in [1.807, 2.05) is 0 Å². The van der Waals surface area contributed by atoms with Gasteiger partial charge in [0.05, 0.1) is 6.61 Å². The summed E-state index contributed by atoms with van der Waals surface area (Å²) in [4.78, 5) is 10.4. The van der Waals surface area contributed by atoms with E-state index in [0.717, 1.165) is 25.7 Å². The largest absolute Gasteiger partial charge is 0.481 e. The number of carboxylic acids is 1. The molecule has 0 bridgehead atoms. The van der Waals surface area contributed by atoms with Gasteiger partial charge in [-0.15, -0.1) is 0 Å². The molecular formula is C15H28O8. The van der Waals surface area contributed by atoms with Crippen molar-refractivity contribution in [3.8, 4) is 0 Å². The van der Waals surface area contributed by atoms with E-state index in [4.69, 9.17) is 14.9 Å². The zero-order valence-corrected chi connectivity index (χ0v) is 13.2. The van der Waals surface area contributed by atoms with Crippen LogP contribution in [-0.4, -0.2) is 73.4 Å². The smallest absolute Gasteiger partial charge is 0.303 e. The molecule has 0 radical (unpaired) electrons. The molecule has 1 aliphatic heterocycles. The topological polar surface area (TPSA) is 148 Å². The van der Waals surface area contributed by atoms with Crippen molar-refractivity contribution in [3.63, 3.8) is 0 Å². The Labute approximate surface area is 135 Å². The normalized spacial score (nSPS) is 34.5. The first kappa shape index (κ1) is 20.3. The maximum absolute atomic E-state index is 10.4. The van der Waals surface area contributed by atoms with Crippen LogP contribution in [0.15, 0.2) is 0 Å². The Balaban J connectivity index is 2.28. The average molecular weight is 336 g/mol. The monoisotopic (exact) mass is 336 g/mol. The van der Waals surface area contributed by atoms with Gasteiger partial charge >= 0.3 is 5.97 Å². The Morgan fingerprint density at radius 1 is 0.957 bits per heavy atom. The minimum atomic E-state index is -1.99. The SMILES string of the molecule is O=C(O)CCCCCCCC[C@@]1(O)OC(CO)C(O)C(O)C1O. The maximum Gasteiger partial charge on any atom is 0.303 e. The second-order valence-electron chi connectivity index (χ2n) is 6.12. The van der Waals surface area contributed by atoms with Gasteiger partial charge in [0.1, 0.15) is 24.4 Å². The zero-order chi connectivity index (χ0) is 17.5. The van der Waals surface area contributed by atoms with Crippen molar-refractivity contribution in [2.75, 3.05) is 6.61 Å². The summed E-state index contributed by atoms with van der Waals surface area (Å²) in [7, 11) is 0. The first-order valence-electron chi connectivity index (χ1n) is 8.09. The second-order valence-corrected chi connectivity index (χ2v) is 6.12. The summed E-state index contributed by atoms with van der Waals surface area (Å²) >= 11 is 0. The number of ether oxygens (including phenoxy) is 1. The van der Waals surface area contributed by atoms with Gasteiger partial charge in [0.15, 0.2) is 5.79 Å². The van der Waals surface area contributed by atoms with Gasteiger partial charge in [-0.05, 0) is 12.8 Å². The molecule has 23 heavy (non-hydrogen) atoms. The predicted octanol–water partition coefficient (Wildman–Crippen LogP) is -0.646. The fourth-order valence-corrected chi connectivity index (χ4v) is 2.79. The first-order chi connectivity index (χ1) is 10.8. The highest BCUT2D eigenvalue weighted by Crippen LogP contribution is 2.32. The van der Waals surface area contributed by atoms with Crippen molar-refractivity contribution in [2.24, 2.45) is 0 Å². The third-order valence-corrected chi connectivity index (χ3v) is 4.23. The Morgan fingerprint density at radius 3 is 2.09 bits per heavy atom. The van der Waals surface area contributed by atoms with Crippen LogP contribution in [0.5, 0.6) is 0 Å². The van der Waals surface area contributed by atoms with E-state index in [1.165, 1.54) is 0 Å². The lowest BCUT2D eigenvalue weighted by molar-refractivity contribution is -0.351. The van der Waals surface area contributed by atoms with E-state index >= 15 is 0 Å². The molecule has 8 nitrogen and oxygen atoms in total. The number of unbranched alkanes of at least 4 members (excludes halogenated alkanes) is 5. The molecule has 0 aliphatic carbocycles. The summed E-state index contributed by atoms with van der Waals surface area (Å²) in [5.41, 5.74) is 0. The highest BCUT2D eigenvalue weighted by atomic mass is 16.7. The third-order valence-electron chi connectivity index (χ3n) is 4.23. The molecule has 0 saturated carbocycles. The highest BCUT2D eigenvalue weighted by molar-refractivity contribution is 5.66. The minimum Gasteiger partial charge on any atom is -0.481 e. The van der Waals surface area contributed by atoms with Crippen LogP contribution in [0.25, 0.3) is 0 Å². The van der Waals surface area contributed by atoms with Crippen LogP contribution in [0.3, 0.4) is 0 Å². The molecule has 136 valence electrons. The molecule has 4 unspecified atom stereocenters. The number of hydrogen-bond acceptors (Lipinski definition) is 7. The van der Waals surface area contributed by atoms with Crippen molar-refractivity contribution in [1.29, 1.82) is 0 Å². The van der Waals surface area contributed by atoms with E-state index in [2.05, 4.69) is 0 Å². The van der Waals surface area contributed by atoms with E-state index in [-0.39, 0.29) is 12.8 Å². The molecule has 0 aromatic carbocycles. The molecule has 0 amide bonds. The molecule has 1 saturated heterocycles. The van der Waals surface area contributed by atoms with Gasteiger partial charge in [0.25, 0.3) is 0 Å². The van der Waals surface area contributed by atoms with Crippen molar-refractivity contribution in [2.45, 2.75) is 81.6 Å². The number of rotatable bonds is 10. The molecule has 5 atom stereocenters. The van der Waals surface area contributed by atoms with Gasteiger partial charge in [-0.25, -0.2) is 0 Å². The van der Waals surface area contributed by atoms with Crippen LogP contribution in [0.1, 0.15) is 51.4 Å². The number of carbonyl (C=O) groups is 1. The van der Waals surface area contributed by atoms with E-state index in [9.17, 15) is 25.2 Å². The molecule has 1 aliphatic rings. The van der Waals surface area contributed by atoms with Crippen LogP contribution < -0.4 is 0 Å². The van der Waals surface area contributed by atoms with E-state index in [1.54, 1.807) is 0 Å². The summed E-state index contributed by atoms with van der Waals surface area (Å²) in [6, 6.07) is 0. The lowest BCUT2D eigenvalue weighted by Crippen LogP contribution is -2.65. The van der Waals surface area contributed by atoms with E-state index < -0.39 is 42.8 Å². The van der Waals surface area contributed by atoms with Gasteiger partial charge < -0.3 is 35.4 Å². The number of aliphatic hydroxyl groups is 5. The van der Waals surface area contributed by atoms with Crippen LogP contribution in [0.4, 0.5) is 0 Å². The van der Waals surface area contributed by atoms with Crippen LogP contribution in [-0.2, 0) is 9.53 Å². The van der Waals surface area contributed by atoms with Crippen molar-refractivity contribution < 1.29 is 40.2 Å². The van der Waals surface area contributed by atoms with Crippen molar-refractivity contribution >= 4 is 5.97 Å². The standard InChI is InChI=1S/C15H28O8/c16-9-10-12(19)13(20)14(21)15(22,23-10)8-6-4-2-1-3-5-7-11(17)18/h10,12-14,16,19-22H,1-9H2,(H,17,18)/t10?,12?,13?,14?,15-/m1/s1. The first-order valence-corrected chi connectivity index (χ1v) is 8.09. The van der Waals surface area contributed by atoms with Gasteiger partial charge in [0, 0.05) is 12.8 Å². The average Bonchev–Trinajstić information content (AvgIpc) is 2.51. The molecule has 1 rings (SSSR count). The number of carboxylic acid groups (broad SMARTS) is 1. The molecule has 6 N–H and O–H groups in total.